The highest BCUT2D eigenvalue weighted by Crippen LogP contribution is 2.29. The van der Waals surface area contributed by atoms with E-state index in [1.807, 2.05) is 25.1 Å². The van der Waals surface area contributed by atoms with Crippen LogP contribution in [0.1, 0.15) is 32.0 Å². The molecule has 0 radical (unpaired) electrons. The molecule has 0 saturated carbocycles. The molecule has 156 valence electrons. The molecule has 0 spiro atoms. The van der Waals surface area contributed by atoms with Crippen LogP contribution in [0.4, 0.5) is 14.5 Å². The van der Waals surface area contributed by atoms with Gasteiger partial charge in [0.2, 0.25) is 0 Å². The lowest BCUT2D eigenvalue weighted by Crippen LogP contribution is -2.25. The lowest BCUT2D eigenvalue weighted by atomic mass is 10.1. The van der Waals surface area contributed by atoms with E-state index in [0.29, 0.717) is 22.2 Å². The van der Waals surface area contributed by atoms with Gasteiger partial charge in [0.25, 0.3) is 11.8 Å². The Morgan fingerprint density at radius 3 is 2.42 bits per heavy atom. The molecule has 0 aliphatic carbocycles. The molecule has 2 amide bonds. The summed E-state index contributed by atoms with van der Waals surface area (Å²) in [6, 6.07) is 16.8. The fraction of sp³-hybridized carbons (Fsp3) is 0.0833. The summed E-state index contributed by atoms with van der Waals surface area (Å²) in [5, 5.41) is 6.10. The fourth-order valence-corrected chi connectivity index (χ4v) is 3.30. The predicted octanol–water partition coefficient (Wildman–Crippen LogP) is 4.94. The minimum Gasteiger partial charge on any atom is -0.349 e. The molecule has 0 fully saturated rings. The van der Waals surface area contributed by atoms with Crippen LogP contribution in [0.25, 0.3) is 10.9 Å². The number of halogens is 2. The number of hydrogen-bond donors (Lipinski definition) is 3. The number of aromatic nitrogens is 1. The summed E-state index contributed by atoms with van der Waals surface area (Å²) in [5.74, 6) is -1.84. The standard InChI is InChI=1S/C24H19F2N3O2/c1-14-6-11-20-18(12-14)21(29-23(30)15-7-9-17(25)10-8-15)22(28-20)24(31)27-13-16-4-2-3-5-19(16)26/h2-12,28H,13H2,1H3,(H,27,31)(H,29,30). The molecule has 4 aromatic rings. The van der Waals surface area contributed by atoms with Gasteiger partial charge in [-0.2, -0.15) is 0 Å². The number of fused-ring (bicyclic) bond motifs is 1. The molecule has 3 N–H and O–H groups in total. The molecule has 3 aromatic carbocycles. The van der Waals surface area contributed by atoms with E-state index in [9.17, 15) is 18.4 Å². The highest BCUT2D eigenvalue weighted by molar-refractivity contribution is 6.15. The van der Waals surface area contributed by atoms with Crippen LogP contribution in [0.15, 0.2) is 66.7 Å². The Morgan fingerprint density at radius 1 is 0.935 bits per heavy atom. The zero-order chi connectivity index (χ0) is 22.0. The van der Waals surface area contributed by atoms with E-state index >= 15 is 0 Å². The lowest BCUT2D eigenvalue weighted by molar-refractivity contribution is 0.0947. The summed E-state index contributed by atoms with van der Waals surface area (Å²) in [4.78, 5) is 28.7. The second kappa shape index (κ2) is 8.39. The van der Waals surface area contributed by atoms with Crippen LogP contribution in [0, 0.1) is 18.6 Å². The Hall–Kier alpha value is -4.00. The highest BCUT2D eigenvalue weighted by Gasteiger charge is 2.20. The molecule has 7 heteroatoms. The van der Waals surface area contributed by atoms with Gasteiger partial charge in [0, 0.05) is 28.6 Å². The van der Waals surface area contributed by atoms with Gasteiger partial charge in [0.1, 0.15) is 17.3 Å². The summed E-state index contributed by atoms with van der Waals surface area (Å²) in [5.41, 5.74) is 2.66. The van der Waals surface area contributed by atoms with E-state index in [0.717, 1.165) is 5.56 Å². The van der Waals surface area contributed by atoms with Crippen molar-refractivity contribution in [1.82, 2.24) is 10.3 Å². The molecule has 0 bridgehead atoms. The van der Waals surface area contributed by atoms with E-state index in [1.54, 1.807) is 18.2 Å². The fourth-order valence-electron chi connectivity index (χ4n) is 3.30. The molecular formula is C24H19F2N3O2. The minimum absolute atomic E-state index is 0.00868. The monoisotopic (exact) mass is 419 g/mol. The Kier molecular flexibility index (Phi) is 5.49. The van der Waals surface area contributed by atoms with Crippen LogP contribution in [0.3, 0.4) is 0 Å². The van der Waals surface area contributed by atoms with Gasteiger partial charge in [-0.3, -0.25) is 9.59 Å². The molecular weight excluding hydrogens is 400 g/mol. The van der Waals surface area contributed by atoms with Gasteiger partial charge >= 0.3 is 0 Å². The molecule has 5 nitrogen and oxygen atoms in total. The third-order valence-electron chi connectivity index (χ3n) is 4.92. The largest absolute Gasteiger partial charge is 0.349 e. The smallest absolute Gasteiger partial charge is 0.270 e. The van der Waals surface area contributed by atoms with Crippen molar-refractivity contribution in [2.75, 3.05) is 5.32 Å². The van der Waals surface area contributed by atoms with Crippen LogP contribution >= 0.6 is 0 Å². The average Bonchev–Trinajstić information content (AvgIpc) is 3.11. The van der Waals surface area contributed by atoms with Crippen LogP contribution in [-0.2, 0) is 6.54 Å². The zero-order valence-corrected chi connectivity index (χ0v) is 16.6. The number of rotatable bonds is 5. The third kappa shape index (κ3) is 4.30. The molecule has 0 aliphatic rings. The van der Waals surface area contributed by atoms with Gasteiger partial charge in [-0.15, -0.1) is 0 Å². The van der Waals surface area contributed by atoms with Crippen LogP contribution in [-0.4, -0.2) is 16.8 Å². The molecule has 0 atom stereocenters. The Balaban J connectivity index is 1.66. The lowest BCUT2D eigenvalue weighted by Gasteiger charge is -2.09. The number of carbonyl (C=O) groups excluding carboxylic acids is 2. The number of hydrogen-bond acceptors (Lipinski definition) is 2. The first-order valence-electron chi connectivity index (χ1n) is 9.63. The van der Waals surface area contributed by atoms with Crippen molar-refractivity contribution in [2.24, 2.45) is 0 Å². The topological polar surface area (TPSA) is 74.0 Å². The first-order chi connectivity index (χ1) is 14.9. The van der Waals surface area contributed by atoms with Crippen molar-refractivity contribution in [3.63, 3.8) is 0 Å². The molecule has 1 aromatic heterocycles. The van der Waals surface area contributed by atoms with E-state index in [2.05, 4.69) is 15.6 Å². The maximum Gasteiger partial charge on any atom is 0.270 e. The van der Waals surface area contributed by atoms with Gasteiger partial charge < -0.3 is 15.6 Å². The van der Waals surface area contributed by atoms with Crippen molar-refractivity contribution in [1.29, 1.82) is 0 Å². The third-order valence-corrected chi connectivity index (χ3v) is 4.92. The SMILES string of the molecule is Cc1ccc2[nH]c(C(=O)NCc3ccccc3F)c(NC(=O)c3ccc(F)cc3)c2c1. The maximum absolute atomic E-state index is 13.9. The van der Waals surface area contributed by atoms with Crippen LogP contribution in [0.2, 0.25) is 0 Å². The minimum atomic E-state index is -0.494. The van der Waals surface area contributed by atoms with E-state index in [4.69, 9.17) is 0 Å². The molecule has 31 heavy (non-hydrogen) atoms. The van der Waals surface area contributed by atoms with Crippen molar-refractivity contribution in [3.05, 3.63) is 101 Å². The maximum atomic E-state index is 13.9. The quantitative estimate of drug-likeness (QED) is 0.429. The van der Waals surface area contributed by atoms with Crippen LogP contribution in [0.5, 0.6) is 0 Å². The summed E-state index contributed by atoms with van der Waals surface area (Å²) in [6.45, 7) is 1.89. The normalized spacial score (nSPS) is 10.8. The number of amides is 2. The molecule has 0 saturated heterocycles. The average molecular weight is 419 g/mol. The molecule has 0 unspecified atom stereocenters. The summed E-state index contributed by atoms with van der Waals surface area (Å²) in [7, 11) is 0. The number of aromatic amines is 1. The highest BCUT2D eigenvalue weighted by atomic mass is 19.1. The second-order valence-corrected chi connectivity index (χ2v) is 7.16. The second-order valence-electron chi connectivity index (χ2n) is 7.16. The summed E-state index contributed by atoms with van der Waals surface area (Å²) in [6.07, 6.45) is 0. The number of H-pyrrole nitrogens is 1. The number of nitrogens with one attached hydrogen (secondary N) is 3. The van der Waals surface area contributed by atoms with Crippen molar-refractivity contribution >= 4 is 28.4 Å². The number of benzene rings is 3. The zero-order valence-electron chi connectivity index (χ0n) is 16.6. The number of aryl methyl sites for hydroxylation is 1. The van der Waals surface area contributed by atoms with Crippen molar-refractivity contribution in [3.8, 4) is 0 Å². The predicted molar refractivity (Wildman–Crippen MR) is 115 cm³/mol. The summed E-state index contributed by atoms with van der Waals surface area (Å²) >= 11 is 0. The molecule has 4 rings (SSSR count). The van der Waals surface area contributed by atoms with Crippen molar-refractivity contribution in [2.45, 2.75) is 13.5 Å². The van der Waals surface area contributed by atoms with E-state index < -0.39 is 23.4 Å². The van der Waals surface area contributed by atoms with Gasteiger partial charge in [0.15, 0.2) is 0 Å². The number of carbonyl (C=O) groups is 2. The Labute approximate surface area is 177 Å². The van der Waals surface area contributed by atoms with Crippen molar-refractivity contribution < 1.29 is 18.4 Å². The first-order valence-corrected chi connectivity index (χ1v) is 9.63. The van der Waals surface area contributed by atoms with Gasteiger partial charge in [-0.05, 0) is 49.4 Å². The molecule has 0 aliphatic heterocycles. The van der Waals surface area contributed by atoms with E-state index in [-0.39, 0.29) is 17.8 Å². The van der Waals surface area contributed by atoms with Gasteiger partial charge in [-0.1, -0.05) is 29.8 Å². The first kappa shape index (κ1) is 20.3. The van der Waals surface area contributed by atoms with E-state index in [1.165, 1.54) is 30.3 Å². The van der Waals surface area contributed by atoms with Gasteiger partial charge in [0.05, 0.1) is 5.69 Å². The van der Waals surface area contributed by atoms with Crippen LogP contribution < -0.4 is 10.6 Å². The Morgan fingerprint density at radius 2 is 1.68 bits per heavy atom. The molecule has 1 heterocycles. The summed E-state index contributed by atoms with van der Waals surface area (Å²) < 4.78 is 27.1. The Bertz CT molecular complexity index is 1280. The van der Waals surface area contributed by atoms with Gasteiger partial charge in [-0.25, -0.2) is 8.78 Å². The number of anilines is 1.